The standard InChI is InChI=1S/C15H13NO2S/c1-10(17)16-9-13(11-5-3-2-4-6-11)12-7-8-19-14(12)15(16)18/h2-8,13H,9H2,1H3. The molecular weight excluding hydrogens is 258 g/mol. The summed E-state index contributed by atoms with van der Waals surface area (Å²) >= 11 is 1.41. The number of hydrogen-bond acceptors (Lipinski definition) is 3. The molecule has 0 radical (unpaired) electrons. The predicted molar refractivity (Wildman–Crippen MR) is 74.3 cm³/mol. The van der Waals surface area contributed by atoms with E-state index >= 15 is 0 Å². The lowest BCUT2D eigenvalue weighted by atomic mass is 9.88. The topological polar surface area (TPSA) is 37.4 Å². The SMILES string of the molecule is CC(=O)N1CC(c2ccccc2)c2ccsc2C1=O. The second-order valence-corrected chi connectivity index (χ2v) is 5.52. The predicted octanol–water partition coefficient (Wildman–Crippen LogP) is 2.88. The number of imide groups is 1. The largest absolute Gasteiger partial charge is 0.277 e. The van der Waals surface area contributed by atoms with Crippen LogP contribution in [0.4, 0.5) is 0 Å². The van der Waals surface area contributed by atoms with Crippen LogP contribution in [0, 0.1) is 0 Å². The van der Waals surface area contributed by atoms with Crippen molar-refractivity contribution in [3.05, 3.63) is 57.8 Å². The van der Waals surface area contributed by atoms with Crippen LogP contribution in [0.2, 0.25) is 0 Å². The minimum absolute atomic E-state index is 0.0871. The van der Waals surface area contributed by atoms with Crippen LogP contribution in [0.15, 0.2) is 41.8 Å². The van der Waals surface area contributed by atoms with Crippen LogP contribution >= 0.6 is 11.3 Å². The Bertz CT molecular complexity index is 633. The van der Waals surface area contributed by atoms with Gasteiger partial charge in [0.15, 0.2) is 0 Å². The first-order valence-electron chi connectivity index (χ1n) is 6.13. The van der Waals surface area contributed by atoms with Crippen LogP contribution in [0.25, 0.3) is 0 Å². The fourth-order valence-corrected chi connectivity index (χ4v) is 3.40. The molecule has 1 aromatic heterocycles. The van der Waals surface area contributed by atoms with Crippen LogP contribution < -0.4 is 0 Å². The number of carbonyl (C=O) groups excluding carboxylic acids is 2. The second kappa shape index (κ2) is 4.63. The minimum atomic E-state index is -0.190. The van der Waals surface area contributed by atoms with Crippen molar-refractivity contribution in [3.8, 4) is 0 Å². The quantitative estimate of drug-likeness (QED) is 0.799. The Morgan fingerprint density at radius 1 is 1.26 bits per heavy atom. The summed E-state index contributed by atoms with van der Waals surface area (Å²) in [5, 5.41) is 1.92. The van der Waals surface area contributed by atoms with Gasteiger partial charge in [0.2, 0.25) is 5.91 Å². The molecule has 1 aliphatic heterocycles. The van der Waals surface area contributed by atoms with Crippen LogP contribution in [-0.2, 0) is 4.79 Å². The Kier molecular flexibility index (Phi) is 2.95. The van der Waals surface area contributed by atoms with Gasteiger partial charge in [-0.05, 0) is 22.6 Å². The highest BCUT2D eigenvalue weighted by atomic mass is 32.1. The van der Waals surface area contributed by atoms with Gasteiger partial charge in [-0.25, -0.2) is 0 Å². The molecule has 3 rings (SSSR count). The molecule has 2 heterocycles. The van der Waals surface area contributed by atoms with Gasteiger partial charge >= 0.3 is 0 Å². The molecule has 0 saturated heterocycles. The lowest BCUT2D eigenvalue weighted by Crippen LogP contribution is -2.42. The van der Waals surface area contributed by atoms with E-state index in [1.54, 1.807) is 0 Å². The summed E-state index contributed by atoms with van der Waals surface area (Å²) in [7, 11) is 0. The molecule has 2 amide bonds. The zero-order valence-electron chi connectivity index (χ0n) is 10.5. The smallest absolute Gasteiger partial charge is 0.270 e. The van der Waals surface area contributed by atoms with E-state index in [1.165, 1.54) is 23.2 Å². The molecule has 2 aromatic rings. The van der Waals surface area contributed by atoms with E-state index in [0.29, 0.717) is 11.4 Å². The van der Waals surface area contributed by atoms with Gasteiger partial charge < -0.3 is 0 Å². The lowest BCUT2D eigenvalue weighted by molar-refractivity contribution is -0.126. The molecule has 1 unspecified atom stereocenters. The van der Waals surface area contributed by atoms with Crippen LogP contribution in [0.5, 0.6) is 0 Å². The van der Waals surface area contributed by atoms with E-state index in [0.717, 1.165) is 11.1 Å². The second-order valence-electron chi connectivity index (χ2n) is 4.60. The first-order valence-corrected chi connectivity index (χ1v) is 7.01. The van der Waals surface area contributed by atoms with E-state index in [4.69, 9.17) is 0 Å². The molecule has 0 spiro atoms. The van der Waals surface area contributed by atoms with Crippen molar-refractivity contribution in [2.75, 3.05) is 6.54 Å². The van der Waals surface area contributed by atoms with Crippen LogP contribution in [0.1, 0.15) is 33.6 Å². The Balaban J connectivity index is 2.09. The highest BCUT2D eigenvalue weighted by Gasteiger charge is 2.34. The van der Waals surface area contributed by atoms with Crippen molar-refractivity contribution < 1.29 is 9.59 Å². The molecular formula is C15H13NO2S. The number of thiophene rings is 1. The van der Waals surface area contributed by atoms with Gasteiger partial charge in [-0.3, -0.25) is 14.5 Å². The number of fused-ring (bicyclic) bond motifs is 1. The van der Waals surface area contributed by atoms with E-state index in [2.05, 4.69) is 0 Å². The summed E-state index contributed by atoms with van der Waals surface area (Å²) in [5.74, 6) is -0.265. The van der Waals surface area contributed by atoms with Crippen LogP contribution in [0.3, 0.4) is 0 Å². The molecule has 19 heavy (non-hydrogen) atoms. The Morgan fingerprint density at radius 3 is 2.68 bits per heavy atom. The van der Waals surface area contributed by atoms with Gasteiger partial charge in [-0.15, -0.1) is 11.3 Å². The third-order valence-corrected chi connectivity index (χ3v) is 4.38. The minimum Gasteiger partial charge on any atom is -0.277 e. The third kappa shape index (κ3) is 1.98. The molecule has 1 aromatic carbocycles. The van der Waals surface area contributed by atoms with Gasteiger partial charge in [0.05, 0.1) is 4.88 Å². The third-order valence-electron chi connectivity index (χ3n) is 3.46. The van der Waals surface area contributed by atoms with Crippen molar-refractivity contribution in [1.29, 1.82) is 0 Å². The molecule has 96 valence electrons. The zero-order chi connectivity index (χ0) is 13.4. The molecule has 0 bridgehead atoms. The summed E-state index contributed by atoms with van der Waals surface area (Å²) in [5.41, 5.74) is 2.18. The van der Waals surface area contributed by atoms with E-state index in [1.807, 2.05) is 41.8 Å². The van der Waals surface area contributed by atoms with Crippen LogP contribution in [-0.4, -0.2) is 23.3 Å². The van der Waals surface area contributed by atoms with Gasteiger partial charge in [0.25, 0.3) is 5.91 Å². The van der Waals surface area contributed by atoms with E-state index in [-0.39, 0.29) is 17.7 Å². The Hall–Kier alpha value is -1.94. The van der Waals surface area contributed by atoms with E-state index < -0.39 is 0 Å². The zero-order valence-corrected chi connectivity index (χ0v) is 11.3. The normalized spacial score (nSPS) is 18.3. The summed E-state index contributed by atoms with van der Waals surface area (Å²) in [6.45, 7) is 1.88. The summed E-state index contributed by atoms with van der Waals surface area (Å²) in [6.07, 6.45) is 0. The average molecular weight is 271 g/mol. The van der Waals surface area contributed by atoms with Crippen molar-refractivity contribution in [1.82, 2.24) is 4.90 Å². The maximum absolute atomic E-state index is 12.2. The Labute approximate surface area is 115 Å². The molecule has 1 aliphatic rings. The number of nitrogens with zero attached hydrogens (tertiary/aromatic N) is 1. The average Bonchev–Trinajstić information content (AvgIpc) is 2.89. The molecule has 0 fully saturated rings. The summed E-state index contributed by atoms with van der Waals surface area (Å²) in [4.78, 5) is 25.9. The summed E-state index contributed by atoms with van der Waals surface area (Å²) in [6, 6.07) is 12.0. The Morgan fingerprint density at radius 2 is 2.00 bits per heavy atom. The number of benzene rings is 1. The first-order chi connectivity index (χ1) is 9.18. The fourth-order valence-electron chi connectivity index (χ4n) is 2.50. The van der Waals surface area contributed by atoms with Crippen molar-refractivity contribution >= 4 is 23.2 Å². The maximum atomic E-state index is 12.2. The number of hydrogen-bond donors (Lipinski definition) is 0. The molecule has 3 nitrogen and oxygen atoms in total. The van der Waals surface area contributed by atoms with Crippen molar-refractivity contribution in [2.24, 2.45) is 0 Å². The molecule has 4 heteroatoms. The van der Waals surface area contributed by atoms with E-state index in [9.17, 15) is 9.59 Å². The van der Waals surface area contributed by atoms with Gasteiger partial charge in [0, 0.05) is 19.4 Å². The number of carbonyl (C=O) groups is 2. The number of rotatable bonds is 1. The van der Waals surface area contributed by atoms with Gasteiger partial charge in [-0.2, -0.15) is 0 Å². The van der Waals surface area contributed by atoms with Crippen molar-refractivity contribution in [3.63, 3.8) is 0 Å². The van der Waals surface area contributed by atoms with Gasteiger partial charge in [0.1, 0.15) is 0 Å². The molecule has 0 N–H and O–H groups in total. The van der Waals surface area contributed by atoms with Crippen molar-refractivity contribution in [2.45, 2.75) is 12.8 Å². The monoisotopic (exact) mass is 271 g/mol. The maximum Gasteiger partial charge on any atom is 0.270 e. The number of amides is 2. The highest BCUT2D eigenvalue weighted by molar-refractivity contribution is 7.12. The molecule has 1 atom stereocenters. The lowest BCUT2D eigenvalue weighted by Gasteiger charge is -2.30. The van der Waals surface area contributed by atoms with Gasteiger partial charge in [-0.1, -0.05) is 30.3 Å². The highest BCUT2D eigenvalue weighted by Crippen LogP contribution is 2.36. The first kappa shape index (κ1) is 12.1. The molecule has 0 aliphatic carbocycles. The fraction of sp³-hybridized carbons (Fsp3) is 0.200. The molecule has 0 saturated carbocycles. The summed E-state index contributed by atoms with van der Waals surface area (Å²) < 4.78 is 0.